The van der Waals surface area contributed by atoms with Crippen LogP contribution in [-0.4, -0.2) is 35.1 Å². The van der Waals surface area contributed by atoms with Crippen LogP contribution >= 0.6 is 0 Å². The number of hydrogen-bond donors (Lipinski definition) is 1. The maximum atomic E-state index is 12.4. The molecule has 2 amide bonds. The van der Waals surface area contributed by atoms with E-state index in [0.717, 1.165) is 0 Å². The van der Waals surface area contributed by atoms with Gasteiger partial charge in [-0.1, -0.05) is 18.2 Å². The molecule has 27 heavy (non-hydrogen) atoms. The highest BCUT2D eigenvalue weighted by Gasteiger charge is 2.30. The van der Waals surface area contributed by atoms with Crippen LogP contribution in [0.15, 0.2) is 36.3 Å². The molecule has 0 fully saturated rings. The van der Waals surface area contributed by atoms with Gasteiger partial charge in [0.15, 0.2) is 0 Å². The Labute approximate surface area is 160 Å². The molecule has 1 aromatic carbocycles. The van der Waals surface area contributed by atoms with Crippen molar-refractivity contribution < 1.29 is 23.8 Å². The summed E-state index contributed by atoms with van der Waals surface area (Å²) >= 11 is 0. The summed E-state index contributed by atoms with van der Waals surface area (Å²) < 4.78 is 16.9. The highest BCUT2D eigenvalue weighted by atomic mass is 16.7. The van der Waals surface area contributed by atoms with E-state index < -0.39 is 17.8 Å². The number of amides is 2. The van der Waals surface area contributed by atoms with E-state index in [1.807, 2.05) is 34.6 Å². The second-order valence-electron chi connectivity index (χ2n) is 7.44. The first-order chi connectivity index (χ1) is 12.6. The molecule has 0 aliphatic carbocycles. The number of benzene rings is 1. The van der Waals surface area contributed by atoms with Gasteiger partial charge in [-0.3, -0.25) is 4.79 Å². The number of hydrogen-bond acceptors (Lipinski definition) is 5. The van der Waals surface area contributed by atoms with E-state index in [2.05, 4.69) is 0 Å². The predicted octanol–water partition coefficient (Wildman–Crippen LogP) is 3.71. The number of primary amides is 1. The Bertz CT molecular complexity index is 723. The van der Waals surface area contributed by atoms with Crippen molar-refractivity contribution in [1.29, 1.82) is 0 Å². The van der Waals surface area contributed by atoms with Crippen molar-refractivity contribution in [2.75, 3.05) is 6.54 Å². The van der Waals surface area contributed by atoms with Crippen molar-refractivity contribution in [3.63, 3.8) is 0 Å². The van der Waals surface area contributed by atoms with Gasteiger partial charge in [-0.2, -0.15) is 0 Å². The van der Waals surface area contributed by atoms with Crippen LogP contribution in [0.4, 0.5) is 4.79 Å². The van der Waals surface area contributed by atoms with Crippen molar-refractivity contribution in [3.8, 4) is 0 Å². The molecular formula is C20H28N2O5. The van der Waals surface area contributed by atoms with Gasteiger partial charge < -0.3 is 24.8 Å². The number of nitrogens with two attached hydrogens (primary N) is 1. The van der Waals surface area contributed by atoms with E-state index in [0.29, 0.717) is 29.9 Å². The molecule has 0 aromatic heterocycles. The standard InChI is InChI=1S/C20H28N2O5/c1-6-22(19(24)27-20(3,4)5)13(2)11-14-12-25-18(26-14)16-10-8-7-9-15(16)17(21)23/h7-10,12-13,18H,6,11H2,1-5H3,(H2,21,23). The fourth-order valence-electron chi connectivity index (χ4n) is 2.83. The second kappa shape index (κ2) is 8.33. The van der Waals surface area contributed by atoms with E-state index in [1.165, 1.54) is 6.26 Å². The first-order valence-corrected chi connectivity index (χ1v) is 9.02. The fraction of sp³-hybridized carbons (Fsp3) is 0.500. The Morgan fingerprint density at radius 1 is 1.30 bits per heavy atom. The van der Waals surface area contributed by atoms with Crippen LogP contribution in [0, 0.1) is 0 Å². The third kappa shape index (κ3) is 5.39. The largest absolute Gasteiger partial charge is 0.455 e. The van der Waals surface area contributed by atoms with E-state index >= 15 is 0 Å². The lowest BCUT2D eigenvalue weighted by molar-refractivity contribution is -0.0381. The number of rotatable bonds is 6. The summed E-state index contributed by atoms with van der Waals surface area (Å²) in [6, 6.07) is 6.74. The molecule has 0 saturated carbocycles. The molecule has 0 radical (unpaired) electrons. The summed E-state index contributed by atoms with van der Waals surface area (Å²) in [7, 11) is 0. The van der Waals surface area contributed by atoms with Gasteiger partial charge in [0.1, 0.15) is 17.6 Å². The predicted molar refractivity (Wildman–Crippen MR) is 101 cm³/mol. The maximum absolute atomic E-state index is 12.4. The summed E-state index contributed by atoms with van der Waals surface area (Å²) in [5.41, 5.74) is 5.79. The molecular weight excluding hydrogens is 348 g/mol. The monoisotopic (exact) mass is 376 g/mol. The first kappa shape index (κ1) is 20.6. The molecule has 2 unspecified atom stereocenters. The van der Waals surface area contributed by atoms with Gasteiger partial charge in [0.05, 0.1) is 0 Å². The van der Waals surface area contributed by atoms with Gasteiger partial charge >= 0.3 is 6.09 Å². The van der Waals surface area contributed by atoms with Crippen molar-refractivity contribution in [2.24, 2.45) is 5.73 Å². The zero-order valence-corrected chi connectivity index (χ0v) is 16.5. The molecule has 2 atom stereocenters. The zero-order valence-electron chi connectivity index (χ0n) is 16.5. The van der Waals surface area contributed by atoms with Crippen molar-refractivity contribution in [3.05, 3.63) is 47.4 Å². The SMILES string of the molecule is CCN(C(=O)OC(C)(C)C)C(C)CC1=COC(c2ccccc2C(N)=O)O1. The zero-order chi connectivity index (χ0) is 20.2. The average molecular weight is 376 g/mol. The lowest BCUT2D eigenvalue weighted by Crippen LogP contribution is -2.42. The molecule has 7 nitrogen and oxygen atoms in total. The number of carbonyl (C=O) groups excluding carboxylic acids is 2. The van der Waals surface area contributed by atoms with Crippen LogP contribution in [0.25, 0.3) is 0 Å². The molecule has 148 valence electrons. The van der Waals surface area contributed by atoms with Crippen LogP contribution in [-0.2, 0) is 14.2 Å². The average Bonchev–Trinajstić information content (AvgIpc) is 3.02. The highest BCUT2D eigenvalue weighted by molar-refractivity contribution is 5.94. The summed E-state index contributed by atoms with van der Waals surface area (Å²) in [6.45, 7) is 9.83. The highest BCUT2D eigenvalue weighted by Crippen LogP contribution is 2.32. The van der Waals surface area contributed by atoms with Gasteiger partial charge in [-0.25, -0.2) is 4.79 Å². The summed E-state index contributed by atoms with van der Waals surface area (Å²) in [5, 5.41) is 0. The Morgan fingerprint density at radius 3 is 2.56 bits per heavy atom. The number of nitrogens with zero attached hydrogens (tertiary/aromatic N) is 1. The quantitative estimate of drug-likeness (QED) is 0.817. The lowest BCUT2D eigenvalue weighted by Gasteiger charge is -2.30. The smallest absolute Gasteiger partial charge is 0.410 e. The van der Waals surface area contributed by atoms with Gasteiger partial charge in [-0.15, -0.1) is 0 Å². The third-order valence-corrected chi connectivity index (χ3v) is 4.06. The molecule has 1 heterocycles. The van der Waals surface area contributed by atoms with E-state index in [4.69, 9.17) is 19.9 Å². The fourth-order valence-corrected chi connectivity index (χ4v) is 2.83. The van der Waals surface area contributed by atoms with Gasteiger partial charge in [0.25, 0.3) is 6.29 Å². The van der Waals surface area contributed by atoms with Crippen LogP contribution < -0.4 is 5.73 Å². The summed E-state index contributed by atoms with van der Waals surface area (Å²) in [5.74, 6) is 0.0514. The summed E-state index contributed by atoms with van der Waals surface area (Å²) in [6.07, 6.45) is 0.879. The Kier molecular flexibility index (Phi) is 6.36. The third-order valence-electron chi connectivity index (χ3n) is 4.06. The Morgan fingerprint density at radius 2 is 1.96 bits per heavy atom. The topological polar surface area (TPSA) is 91.1 Å². The molecule has 7 heteroatoms. The maximum Gasteiger partial charge on any atom is 0.410 e. The van der Waals surface area contributed by atoms with Gasteiger partial charge in [0, 0.05) is 30.1 Å². The molecule has 0 spiro atoms. The van der Waals surface area contributed by atoms with E-state index in [1.54, 1.807) is 29.2 Å². The molecule has 1 aliphatic heterocycles. The Hall–Kier alpha value is -2.70. The van der Waals surface area contributed by atoms with Crippen LogP contribution in [0.1, 0.15) is 63.3 Å². The van der Waals surface area contributed by atoms with E-state index in [9.17, 15) is 9.59 Å². The molecule has 2 rings (SSSR count). The molecule has 0 saturated heterocycles. The minimum Gasteiger partial charge on any atom is -0.455 e. The lowest BCUT2D eigenvalue weighted by atomic mass is 10.1. The second-order valence-corrected chi connectivity index (χ2v) is 7.44. The summed E-state index contributed by atoms with van der Waals surface area (Å²) in [4.78, 5) is 25.6. The normalized spacial score (nSPS) is 17.4. The number of ether oxygens (including phenoxy) is 3. The molecule has 0 bridgehead atoms. The van der Waals surface area contributed by atoms with E-state index in [-0.39, 0.29) is 12.1 Å². The minimum absolute atomic E-state index is 0.148. The van der Waals surface area contributed by atoms with Crippen molar-refractivity contribution in [2.45, 2.75) is 59.0 Å². The van der Waals surface area contributed by atoms with Gasteiger partial charge in [0.2, 0.25) is 5.91 Å². The van der Waals surface area contributed by atoms with Crippen LogP contribution in [0.3, 0.4) is 0 Å². The van der Waals surface area contributed by atoms with Crippen molar-refractivity contribution in [1.82, 2.24) is 4.90 Å². The molecule has 1 aliphatic rings. The Balaban J connectivity index is 2.01. The van der Waals surface area contributed by atoms with Crippen LogP contribution in [0.2, 0.25) is 0 Å². The molecule has 2 N–H and O–H groups in total. The van der Waals surface area contributed by atoms with Crippen LogP contribution in [0.5, 0.6) is 0 Å². The first-order valence-electron chi connectivity index (χ1n) is 9.02. The molecule has 1 aromatic rings. The number of carbonyl (C=O) groups is 2. The minimum atomic E-state index is -0.729. The van der Waals surface area contributed by atoms with Crippen molar-refractivity contribution >= 4 is 12.0 Å². The van der Waals surface area contributed by atoms with Gasteiger partial charge in [-0.05, 0) is 40.7 Å².